The SMILES string of the molecule is CCN=CC(C(=O)OC)=C(O)/C=C/c1cc(OC)c(OC)c(OC)c1. The van der Waals surface area contributed by atoms with Crippen molar-refractivity contribution >= 4 is 18.3 Å². The lowest BCUT2D eigenvalue weighted by Crippen LogP contribution is -2.08. The molecule has 1 aromatic carbocycles. The van der Waals surface area contributed by atoms with Gasteiger partial charge in [-0.3, -0.25) is 4.99 Å². The molecule has 0 heterocycles. The van der Waals surface area contributed by atoms with Crippen molar-refractivity contribution in [3.05, 3.63) is 35.1 Å². The third kappa shape index (κ3) is 5.27. The van der Waals surface area contributed by atoms with Crippen LogP contribution in [0, 0.1) is 0 Å². The zero-order chi connectivity index (χ0) is 18.8. The maximum atomic E-state index is 11.7. The second-order valence-electron chi connectivity index (χ2n) is 4.71. The first-order chi connectivity index (χ1) is 12.0. The molecule has 0 saturated heterocycles. The molecule has 1 N–H and O–H groups in total. The maximum Gasteiger partial charge on any atom is 0.343 e. The summed E-state index contributed by atoms with van der Waals surface area (Å²) in [6.07, 6.45) is 4.25. The molecule has 0 atom stereocenters. The van der Waals surface area contributed by atoms with Gasteiger partial charge in [0.25, 0.3) is 0 Å². The van der Waals surface area contributed by atoms with Crippen LogP contribution in [0.3, 0.4) is 0 Å². The number of aliphatic hydroxyl groups excluding tert-OH is 1. The number of aliphatic hydroxyl groups is 1. The summed E-state index contributed by atoms with van der Waals surface area (Å²) in [5.41, 5.74) is 0.644. The van der Waals surface area contributed by atoms with Crippen LogP contribution >= 0.6 is 0 Å². The first kappa shape index (κ1) is 20.1. The number of hydrogen-bond acceptors (Lipinski definition) is 7. The molecule has 0 bridgehead atoms. The average molecular weight is 349 g/mol. The van der Waals surface area contributed by atoms with E-state index in [2.05, 4.69) is 9.73 Å². The van der Waals surface area contributed by atoms with Crippen molar-refractivity contribution in [2.24, 2.45) is 4.99 Å². The molecule has 0 unspecified atom stereocenters. The Balaban J connectivity index is 3.28. The molecule has 7 heteroatoms. The number of methoxy groups -OCH3 is 4. The lowest BCUT2D eigenvalue weighted by atomic mass is 10.1. The largest absolute Gasteiger partial charge is 0.507 e. The standard InChI is InChI=1S/C18H23NO6/c1-6-19-11-13(18(21)25-5)14(20)8-7-12-9-15(22-2)17(24-4)16(10-12)23-3/h7-11,20H,6H2,1-5H3/b8-7+,14-13?,19-11?. The Hall–Kier alpha value is -2.96. The third-order valence-electron chi connectivity index (χ3n) is 3.20. The summed E-state index contributed by atoms with van der Waals surface area (Å²) in [4.78, 5) is 15.7. The predicted octanol–water partition coefficient (Wildman–Crippen LogP) is 2.80. The number of aliphatic imine (C=N–C) groups is 1. The van der Waals surface area contributed by atoms with E-state index in [9.17, 15) is 9.90 Å². The first-order valence-electron chi connectivity index (χ1n) is 7.51. The number of carbonyl (C=O) groups excluding carboxylic acids is 1. The molecule has 1 rings (SSSR count). The minimum atomic E-state index is -0.677. The van der Waals surface area contributed by atoms with E-state index in [-0.39, 0.29) is 11.3 Å². The minimum Gasteiger partial charge on any atom is -0.507 e. The number of allylic oxidation sites excluding steroid dienone is 1. The van der Waals surface area contributed by atoms with Gasteiger partial charge in [0.1, 0.15) is 11.3 Å². The summed E-state index contributed by atoms with van der Waals surface area (Å²) in [6, 6.07) is 3.42. The topological polar surface area (TPSA) is 86.6 Å². The zero-order valence-electron chi connectivity index (χ0n) is 15.0. The Morgan fingerprint density at radius 2 is 1.72 bits per heavy atom. The van der Waals surface area contributed by atoms with Crippen molar-refractivity contribution in [2.75, 3.05) is 35.0 Å². The van der Waals surface area contributed by atoms with Crippen LogP contribution in [0.2, 0.25) is 0 Å². The van der Waals surface area contributed by atoms with Crippen LogP contribution in [-0.2, 0) is 9.53 Å². The van der Waals surface area contributed by atoms with E-state index in [4.69, 9.17) is 14.2 Å². The highest BCUT2D eigenvalue weighted by Crippen LogP contribution is 2.38. The Kier molecular flexibility index (Phi) is 8.05. The zero-order valence-corrected chi connectivity index (χ0v) is 15.0. The van der Waals surface area contributed by atoms with Crippen molar-refractivity contribution in [1.29, 1.82) is 0 Å². The van der Waals surface area contributed by atoms with Crippen LogP contribution in [0.1, 0.15) is 12.5 Å². The van der Waals surface area contributed by atoms with Gasteiger partial charge in [-0.1, -0.05) is 6.08 Å². The van der Waals surface area contributed by atoms with Crippen LogP contribution in [0.25, 0.3) is 6.08 Å². The third-order valence-corrected chi connectivity index (χ3v) is 3.20. The van der Waals surface area contributed by atoms with E-state index in [1.54, 1.807) is 18.2 Å². The van der Waals surface area contributed by atoms with Crippen LogP contribution in [0.15, 0.2) is 34.5 Å². The molecule has 25 heavy (non-hydrogen) atoms. The van der Waals surface area contributed by atoms with E-state index in [0.717, 1.165) is 0 Å². The van der Waals surface area contributed by atoms with Crippen molar-refractivity contribution in [3.8, 4) is 17.2 Å². The molecule has 0 aromatic heterocycles. The second-order valence-corrected chi connectivity index (χ2v) is 4.71. The van der Waals surface area contributed by atoms with E-state index in [1.165, 1.54) is 40.7 Å². The second kappa shape index (κ2) is 10.0. The number of nitrogens with zero attached hydrogens (tertiary/aromatic N) is 1. The summed E-state index contributed by atoms with van der Waals surface area (Å²) in [5.74, 6) is 0.477. The summed E-state index contributed by atoms with van der Waals surface area (Å²) >= 11 is 0. The fourth-order valence-electron chi connectivity index (χ4n) is 1.98. The number of benzene rings is 1. The monoisotopic (exact) mass is 349 g/mol. The van der Waals surface area contributed by atoms with Gasteiger partial charge in [-0.15, -0.1) is 0 Å². The summed E-state index contributed by atoms with van der Waals surface area (Å²) in [7, 11) is 5.77. The van der Waals surface area contributed by atoms with E-state index < -0.39 is 5.97 Å². The van der Waals surface area contributed by atoms with Gasteiger partial charge in [0, 0.05) is 12.8 Å². The Morgan fingerprint density at radius 1 is 1.12 bits per heavy atom. The van der Waals surface area contributed by atoms with Gasteiger partial charge >= 0.3 is 5.97 Å². The van der Waals surface area contributed by atoms with Gasteiger partial charge in [-0.25, -0.2) is 4.79 Å². The highest BCUT2D eigenvalue weighted by atomic mass is 16.5. The van der Waals surface area contributed by atoms with Gasteiger partial charge in [0.2, 0.25) is 5.75 Å². The molecular formula is C18H23NO6. The van der Waals surface area contributed by atoms with Gasteiger partial charge < -0.3 is 24.1 Å². The number of esters is 1. The molecule has 1 aromatic rings. The maximum absolute atomic E-state index is 11.7. The minimum absolute atomic E-state index is 0.0342. The van der Waals surface area contributed by atoms with E-state index in [1.807, 2.05) is 6.92 Å². The number of ether oxygens (including phenoxy) is 4. The molecule has 7 nitrogen and oxygen atoms in total. The Labute approximate surface area is 147 Å². The Bertz CT molecular complexity index is 666. The smallest absolute Gasteiger partial charge is 0.343 e. The van der Waals surface area contributed by atoms with Gasteiger partial charge in [0.05, 0.1) is 28.4 Å². The molecule has 0 aliphatic heterocycles. The molecular weight excluding hydrogens is 326 g/mol. The van der Waals surface area contributed by atoms with Crippen molar-refractivity contribution in [2.45, 2.75) is 6.92 Å². The van der Waals surface area contributed by atoms with Gasteiger partial charge in [-0.05, 0) is 30.7 Å². The van der Waals surface area contributed by atoms with Crippen molar-refractivity contribution in [1.82, 2.24) is 0 Å². The van der Waals surface area contributed by atoms with Crippen LogP contribution in [0.5, 0.6) is 17.2 Å². The average Bonchev–Trinajstić information content (AvgIpc) is 2.65. The van der Waals surface area contributed by atoms with Crippen LogP contribution < -0.4 is 14.2 Å². The molecule has 0 aliphatic rings. The van der Waals surface area contributed by atoms with E-state index >= 15 is 0 Å². The van der Waals surface area contributed by atoms with Crippen molar-refractivity contribution in [3.63, 3.8) is 0 Å². The fourth-order valence-corrected chi connectivity index (χ4v) is 1.98. The predicted molar refractivity (Wildman–Crippen MR) is 95.8 cm³/mol. The summed E-state index contributed by atoms with van der Waals surface area (Å²) < 4.78 is 20.5. The lowest BCUT2D eigenvalue weighted by Gasteiger charge is -2.12. The summed E-state index contributed by atoms with van der Waals surface area (Å²) in [5, 5.41) is 10.2. The first-order valence-corrected chi connectivity index (χ1v) is 7.51. The normalized spacial score (nSPS) is 12.2. The number of rotatable bonds is 8. The molecule has 0 saturated carbocycles. The molecule has 0 radical (unpaired) electrons. The molecule has 136 valence electrons. The van der Waals surface area contributed by atoms with Gasteiger partial charge in [0.15, 0.2) is 11.5 Å². The quantitative estimate of drug-likeness (QED) is 0.255. The summed E-state index contributed by atoms with van der Waals surface area (Å²) in [6.45, 7) is 2.29. The van der Waals surface area contributed by atoms with Gasteiger partial charge in [-0.2, -0.15) is 0 Å². The molecule has 0 spiro atoms. The van der Waals surface area contributed by atoms with Crippen molar-refractivity contribution < 1.29 is 28.8 Å². The number of hydrogen-bond donors (Lipinski definition) is 1. The fraction of sp³-hybridized carbons (Fsp3) is 0.333. The lowest BCUT2D eigenvalue weighted by molar-refractivity contribution is -0.135. The van der Waals surface area contributed by atoms with Crippen LogP contribution in [-0.4, -0.2) is 52.3 Å². The Morgan fingerprint density at radius 3 is 2.16 bits per heavy atom. The molecule has 0 amide bonds. The molecule has 0 fully saturated rings. The molecule has 0 aliphatic carbocycles. The highest BCUT2D eigenvalue weighted by molar-refractivity contribution is 6.10. The number of carbonyl (C=O) groups is 1. The highest BCUT2D eigenvalue weighted by Gasteiger charge is 2.14. The van der Waals surface area contributed by atoms with Crippen LogP contribution in [0.4, 0.5) is 0 Å². The van der Waals surface area contributed by atoms with E-state index in [0.29, 0.717) is 29.4 Å².